The fourth-order valence-corrected chi connectivity index (χ4v) is 1.54. The molecular weight excluding hydrogens is 234 g/mol. The zero-order valence-electron chi connectivity index (χ0n) is 7.45. The molecule has 0 aliphatic heterocycles. The van der Waals surface area contributed by atoms with Gasteiger partial charge in [0.1, 0.15) is 5.82 Å². The average molecular weight is 240 g/mol. The molecule has 0 saturated carbocycles. The highest BCUT2D eigenvalue weighted by Crippen LogP contribution is 2.17. The molecule has 0 saturated heterocycles. The fraction of sp³-hybridized carbons (Fsp3) is 0. The lowest BCUT2D eigenvalue weighted by molar-refractivity contribution is 0.976. The van der Waals surface area contributed by atoms with Gasteiger partial charge < -0.3 is 0 Å². The van der Waals surface area contributed by atoms with Crippen LogP contribution >= 0.6 is 23.8 Å². The van der Waals surface area contributed by atoms with Gasteiger partial charge in [-0.25, -0.2) is 9.78 Å². The van der Waals surface area contributed by atoms with E-state index in [1.54, 1.807) is 24.3 Å². The summed E-state index contributed by atoms with van der Waals surface area (Å²) >= 11 is 10.6. The number of H-pyrrole nitrogens is 2. The van der Waals surface area contributed by atoms with Crippen molar-refractivity contribution in [1.82, 2.24) is 15.0 Å². The zero-order chi connectivity index (χ0) is 10.8. The highest BCUT2D eigenvalue weighted by atomic mass is 35.5. The molecule has 2 rings (SSSR count). The minimum Gasteiger partial charge on any atom is -0.291 e. The quantitative estimate of drug-likeness (QED) is 0.750. The molecule has 0 aliphatic carbocycles. The smallest absolute Gasteiger partial charge is 0.291 e. The summed E-state index contributed by atoms with van der Waals surface area (Å²) in [5.41, 5.74) is 0.338. The number of nitrogens with zero attached hydrogens (tertiary/aromatic N) is 1. The van der Waals surface area contributed by atoms with Gasteiger partial charge >= 0.3 is 5.69 Å². The maximum absolute atomic E-state index is 11.1. The lowest BCUT2D eigenvalue weighted by atomic mass is 10.2. The van der Waals surface area contributed by atoms with Crippen LogP contribution in [0, 0.1) is 4.77 Å². The Morgan fingerprint density at radius 3 is 2.80 bits per heavy atom. The highest BCUT2D eigenvalue weighted by molar-refractivity contribution is 7.71. The van der Waals surface area contributed by atoms with Gasteiger partial charge in [-0.2, -0.15) is 0 Å². The van der Waals surface area contributed by atoms with Gasteiger partial charge in [-0.05, 0) is 24.4 Å². The molecule has 0 fully saturated rings. The summed E-state index contributed by atoms with van der Waals surface area (Å²) in [6, 6.07) is 7.01. The first kappa shape index (κ1) is 10.1. The molecule has 0 bridgehead atoms. The maximum atomic E-state index is 11.1. The van der Waals surface area contributed by atoms with E-state index in [0.29, 0.717) is 10.8 Å². The minimum atomic E-state index is -0.384. The first-order valence-electron chi connectivity index (χ1n) is 4.12. The van der Waals surface area contributed by atoms with Crippen molar-refractivity contribution in [3.05, 3.63) is 44.5 Å². The minimum absolute atomic E-state index is 0.147. The van der Waals surface area contributed by atoms with Crippen molar-refractivity contribution in [2.24, 2.45) is 0 Å². The Morgan fingerprint density at radius 2 is 2.13 bits per heavy atom. The van der Waals surface area contributed by atoms with Crippen molar-refractivity contribution in [2.75, 3.05) is 0 Å². The molecule has 76 valence electrons. The van der Waals surface area contributed by atoms with Crippen LogP contribution in [0.1, 0.15) is 0 Å². The van der Waals surface area contributed by atoms with E-state index < -0.39 is 0 Å². The number of aromatic nitrogens is 3. The zero-order valence-corrected chi connectivity index (χ0v) is 9.02. The molecule has 0 radical (unpaired) electrons. The molecular formula is C9H6ClN3OS. The molecule has 1 aromatic heterocycles. The summed E-state index contributed by atoms with van der Waals surface area (Å²) in [4.78, 5) is 20.0. The first-order valence-corrected chi connectivity index (χ1v) is 4.90. The van der Waals surface area contributed by atoms with E-state index in [9.17, 15) is 4.79 Å². The van der Waals surface area contributed by atoms with Crippen molar-refractivity contribution >= 4 is 23.8 Å². The number of hydrogen-bond donors (Lipinski definition) is 2. The summed E-state index contributed by atoms with van der Waals surface area (Å²) in [7, 11) is 0. The van der Waals surface area contributed by atoms with E-state index in [1.165, 1.54) is 0 Å². The van der Waals surface area contributed by atoms with E-state index in [4.69, 9.17) is 23.8 Å². The van der Waals surface area contributed by atoms with Gasteiger partial charge in [0.05, 0.1) is 0 Å². The van der Waals surface area contributed by atoms with Gasteiger partial charge in [0, 0.05) is 10.6 Å². The van der Waals surface area contributed by atoms with Gasteiger partial charge in [-0.1, -0.05) is 23.7 Å². The predicted molar refractivity (Wildman–Crippen MR) is 60.5 cm³/mol. The highest BCUT2D eigenvalue weighted by Gasteiger charge is 2.01. The lowest BCUT2D eigenvalue weighted by Gasteiger charge is -1.99. The van der Waals surface area contributed by atoms with E-state index in [1.807, 2.05) is 0 Å². The third kappa shape index (κ3) is 2.31. The van der Waals surface area contributed by atoms with Crippen molar-refractivity contribution in [1.29, 1.82) is 0 Å². The molecule has 0 unspecified atom stereocenters. The Labute approximate surface area is 95.0 Å². The van der Waals surface area contributed by atoms with Crippen LogP contribution in [0.15, 0.2) is 29.1 Å². The van der Waals surface area contributed by atoms with Crippen molar-refractivity contribution in [3.8, 4) is 11.4 Å². The van der Waals surface area contributed by atoms with Gasteiger partial charge in [0.2, 0.25) is 4.77 Å². The molecule has 1 aromatic carbocycles. The SMILES string of the molecule is O=c1[nH]c(-c2cccc(Cl)c2)nc(=S)[nH]1. The van der Waals surface area contributed by atoms with Gasteiger partial charge in [0.15, 0.2) is 0 Å². The van der Waals surface area contributed by atoms with Crippen LogP contribution in [0.3, 0.4) is 0 Å². The Bertz CT molecular complexity index is 576. The molecule has 2 N–H and O–H groups in total. The molecule has 4 nitrogen and oxygen atoms in total. The van der Waals surface area contributed by atoms with E-state index in [0.717, 1.165) is 5.56 Å². The second-order valence-corrected chi connectivity index (χ2v) is 3.68. The Balaban J connectivity index is 2.64. The molecule has 1 heterocycles. The third-order valence-electron chi connectivity index (χ3n) is 1.76. The summed E-state index contributed by atoms with van der Waals surface area (Å²) in [5, 5.41) is 0.578. The van der Waals surface area contributed by atoms with Crippen molar-refractivity contribution in [3.63, 3.8) is 0 Å². The number of hydrogen-bond acceptors (Lipinski definition) is 3. The predicted octanol–water partition coefficient (Wildman–Crippen LogP) is 2.15. The summed E-state index contributed by atoms with van der Waals surface area (Å²) in [6.07, 6.45) is 0. The molecule has 0 spiro atoms. The number of aromatic amines is 2. The lowest BCUT2D eigenvalue weighted by Crippen LogP contribution is -2.12. The van der Waals surface area contributed by atoms with E-state index in [2.05, 4.69) is 15.0 Å². The van der Waals surface area contributed by atoms with Gasteiger partial charge in [0.25, 0.3) is 0 Å². The molecule has 15 heavy (non-hydrogen) atoms. The van der Waals surface area contributed by atoms with Crippen LogP contribution in [-0.2, 0) is 0 Å². The molecule has 0 amide bonds. The van der Waals surface area contributed by atoms with E-state index >= 15 is 0 Å². The van der Waals surface area contributed by atoms with Gasteiger partial charge in [-0.3, -0.25) is 9.97 Å². The molecule has 0 atom stereocenters. The maximum Gasteiger partial charge on any atom is 0.326 e. The summed E-state index contributed by atoms with van der Waals surface area (Å²) in [5.74, 6) is 0.409. The van der Waals surface area contributed by atoms with Crippen molar-refractivity contribution < 1.29 is 0 Å². The van der Waals surface area contributed by atoms with Crippen LogP contribution in [0.2, 0.25) is 5.02 Å². The van der Waals surface area contributed by atoms with Crippen molar-refractivity contribution in [2.45, 2.75) is 0 Å². The fourth-order valence-electron chi connectivity index (χ4n) is 1.17. The van der Waals surface area contributed by atoms with Crippen LogP contribution < -0.4 is 5.69 Å². The Morgan fingerprint density at radius 1 is 1.33 bits per heavy atom. The number of nitrogens with one attached hydrogen (secondary N) is 2. The van der Waals surface area contributed by atoms with Crippen LogP contribution in [0.25, 0.3) is 11.4 Å². The Kier molecular flexibility index (Phi) is 2.66. The summed E-state index contributed by atoms with van der Waals surface area (Å²) in [6.45, 7) is 0. The van der Waals surface area contributed by atoms with Crippen LogP contribution in [0.5, 0.6) is 0 Å². The number of rotatable bonds is 1. The van der Waals surface area contributed by atoms with Crippen LogP contribution in [0.4, 0.5) is 0 Å². The average Bonchev–Trinajstić information content (AvgIpc) is 2.16. The Hall–Kier alpha value is -1.46. The third-order valence-corrected chi connectivity index (χ3v) is 2.19. The monoisotopic (exact) mass is 239 g/mol. The first-order chi connectivity index (χ1) is 7.15. The van der Waals surface area contributed by atoms with E-state index in [-0.39, 0.29) is 10.5 Å². The molecule has 2 aromatic rings. The summed E-state index contributed by atoms with van der Waals surface area (Å²) < 4.78 is 0.147. The second-order valence-electron chi connectivity index (χ2n) is 2.86. The number of halogens is 1. The van der Waals surface area contributed by atoms with Crippen LogP contribution in [-0.4, -0.2) is 15.0 Å². The second kappa shape index (κ2) is 3.96. The molecule has 0 aliphatic rings. The number of benzene rings is 1. The molecule has 6 heteroatoms. The largest absolute Gasteiger partial charge is 0.326 e. The normalized spacial score (nSPS) is 10.2. The topological polar surface area (TPSA) is 61.5 Å². The standard InChI is InChI=1S/C9H6ClN3OS/c10-6-3-1-2-5(4-6)7-11-8(14)13-9(15)12-7/h1-4H,(H2,11,12,13,14,15). The van der Waals surface area contributed by atoms with Gasteiger partial charge in [-0.15, -0.1) is 0 Å².